The molecule has 0 bridgehead atoms. The third-order valence-electron chi connectivity index (χ3n) is 3.21. The van der Waals surface area contributed by atoms with E-state index in [1.54, 1.807) is 37.5 Å². The van der Waals surface area contributed by atoms with Gasteiger partial charge in [-0.25, -0.2) is 4.79 Å². The van der Waals surface area contributed by atoms with E-state index in [4.69, 9.17) is 9.47 Å². The van der Waals surface area contributed by atoms with Crippen LogP contribution < -0.4 is 10.1 Å². The fourth-order valence-electron chi connectivity index (χ4n) is 1.96. The van der Waals surface area contributed by atoms with E-state index in [9.17, 15) is 19.7 Å². The fraction of sp³-hybridized carbons (Fsp3) is 0.111. The summed E-state index contributed by atoms with van der Waals surface area (Å²) in [6.07, 6.45) is 2.74. The first kappa shape index (κ1) is 18.7. The Hall–Kier alpha value is -3.68. The van der Waals surface area contributed by atoms with E-state index < -0.39 is 23.4 Å². The van der Waals surface area contributed by atoms with Crippen molar-refractivity contribution in [2.24, 2.45) is 0 Å². The van der Waals surface area contributed by atoms with Crippen LogP contribution in [0.2, 0.25) is 0 Å². The van der Waals surface area contributed by atoms with Crippen molar-refractivity contribution >= 4 is 29.3 Å². The van der Waals surface area contributed by atoms with Crippen LogP contribution in [0.25, 0.3) is 6.08 Å². The summed E-state index contributed by atoms with van der Waals surface area (Å²) in [7, 11) is 1.54. The summed E-state index contributed by atoms with van der Waals surface area (Å²) < 4.78 is 9.92. The molecule has 0 fully saturated rings. The molecular weight excluding hydrogens is 340 g/mol. The van der Waals surface area contributed by atoms with Crippen LogP contribution in [0.4, 0.5) is 11.4 Å². The number of hydrogen-bond acceptors (Lipinski definition) is 6. The van der Waals surface area contributed by atoms with Crippen LogP contribution in [0, 0.1) is 10.1 Å². The molecule has 8 heteroatoms. The molecule has 0 aliphatic heterocycles. The standard InChI is InChI=1S/C18H16N2O6/c1-25-16-4-2-3-13(11-16)5-10-18(22)26-12-17(21)19-14-6-8-15(9-7-14)20(23)24/h2-11H,12H2,1H3,(H,19,21)/b10-5+. The first-order valence-electron chi connectivity index (χ1n) is 7.51. The van der Waals surface area contributed by atoms with Crippen molar-refractivity contribution in [3.63, 3.8) is 0 Å². The molecule has 0 radical (unpaired) electrons. The van der Waals surface area contributed by atoms with Gasteiger partial charge in [-0.15, -0.1) is 0 Å². The number of esters is 1. The molecule has 2 aromatic carbocycles. The minimum Gasteiger partial charge on any atom is -0.497 e. The lowest BCUT2D eigenvalue weighted by atomic mass is 10.2. The molecule has 2 aromatic rings. The van der Waals surface area contributed by atoms with E-state index in [-0.39, 0.29) is 5.69 Å². The lowest BCUT2D eigenvalue weighted by Gasteiger charge is -2.05. The molecule has 0 aromatic heterocycles. The highest BCUT2D eigenvalue weighted by molar-refractivity contribution is 5.94. The summed E-state index contributed by atoms with van der Waals surface area (Å²) in [6, 6.07) is 12.4. The maximum atomic E-state index is 11.7. The van der Waals surface area contributed by atoms with Gasteiger partial charge in [0, 0.05) is 23.9 Å². The zero-order valence-corrected chi connectivity index (χ0v) is 13.9. The topological polar surface area (TPSA) is 108 Å². The number of nitro groups is 1. The molecule has 0 aliphatic rings. The summed E-state index contributed by atoms with van der Waals surface area (Å²) >= 11 is 0. The Balaban J connectivity index is 1.81. The van der Waals surface area contributed by atoms with Crippen molar-refractivity contribution in [1.29, 1.82) is 0 Å². The Kier molecular flexibility index (Phi) is 6.44. The highest BCUT2D eigenvalue weighted by Gasteiger charge is 2.08. The Morgan fingerprint density at radius 2 is 1.92 bits per heavy atom. The molecular formula is C18H16N2O6. The molecule has 1 amide bonds. The maximum Gasteiger partial charge on any atom is 0.331 e. The van der Waals surface area contributed by atoms with Gasteiger partial charge in [0.1, 0.15) is 5.75 Å². The number of amides is 1. The number of carbonyl (C=O) groups is 2. The van der Waals surface area contributed by atoms with Crippen LogP contribution >= 0.6 is 0 Å². The number of methoxy groups -OCH3 is 1. The van der Waals surface area contributed by atoms with E-state index >= 15 is 0 Å². The Morgan fingerprint density at radius 1 is 1.19 bits per heavy atom. The summed E-state index contributed by atoms with van der Waals surface area (Å²) in [5.41, 5.74) is 1.03. The zero-order valence-electron chi connectivity index (χ0n) is 13.9. The number of nitrogens with zero attached hydrogens (tertiary/aromatic N) is 1. The number of hydrogen-bond donors (Lipinski definition) is 1. The molecule has 8 nitrogen and oxygen atoms in total. The van der Waals surface area contributed by atoms with Crippen molar-refractivity contribution in [2.75, 3.05) is 19.0 Å². The number of benzene rings is 2. The molecule has 0 unspecified atom stereocenters. The number of nitro benzene ring substituents is 1. The summed E-state index contributed by atoms with van der Waals surface area (Å²) in [5, 5.41) is 13.0. The van der Waals surface area contributed by atoms with E-state index in [2.05, 4.69) is 5.32 Å². The second-order valence-electron chi connectivity index (χ2n) is 5.07. The highest BCUT2D eigenvalue weighted by Crippen LogP contribution is 2.15. The lowest BCUT2D eigenvalue weighted by Crippen LogP contribution is -2.20. The fourth-order valence-corrected chi connectivity index (χ4v) is 1.96. The SMILES string of the molecule is COc1cccc(/C=C/C(=O)OCC(=O)Nc2ccc([N+](=O)[O-])cc2)c1. The van der Waals surface area contributed by atoms with Crippen LogP contribution in [-0.2, 0) is 14.3 Å². The van der Waals surface area contributed by atoms with Crippen LogP contribution in [-0.4, -0.2) is 30.5 Å². The van der Waals surface area contributed by atoms with Crippen LogP contribution in [0.15, 0.2) is 54.6 Å². The lowest BCUT2D eigenvalue weighted by molar-refractivity contribution is -0.384. The van der Waals surface area contributed by atoms with Gasteiger partial charge in [0.2, 0.25) is 0 Å². The average molecular weight is 356 g/mol. The second-order valence-corrected chi connectivity index (χ2v) is 5.07. The summed E-state index contributed by atoms with van der Waals surface area (Å²) in [4.78, 5) is 33.4. The van der Waals surface area contributed by atoms with Gasteiger partial charge < -0.3 is 14.8 Å². The molecule has 0 saturated heterocycles. The molecule has 2 rings (SSSR count). The Morgan fingerprint density at radius 3 is 2.58 bits per heavy atom. The normalized spacial score (nSPS) is 10.3. The van der Waals surface area contributed by atoms with Gasteiger partial charge in [-0.05, 0) is 35.9 Å². The number of rotatable bonds is 7. The maximum absolute atomic E-state index is 11.7. The van der Waals surface area contributed by atoms with Crippen molar-refractivity contribution in [2.45, 2.75) is 0 Å². The van der Waals surface area contributed by atoms with E-state index in [0.29, 0.717) is 11.4 Å². The zero-order chi connectivity index (χ0) is 18.9. The smallest absolute Gasteiger partial charge is 0.331 e. The minimum atomic E-state index is -0.674. The van der Waals surface area contributed by atoms with Crippen molar-refractivity contribution in [3.05, 3.63) is 70.3 Å². The molecule has 134 valence electrons. The molecule has 0 heterocycles. The van der Waals surface area contributed by atoms with E-state index in [0.717, 1.165) is 5.56 Å². The number of non-ortho nitro benzene ring substituents is 1. The van der Waals surface area contributed by atoms with Gasteiger partial charge >= 0.3 is 5.97 Å². The van der Waals surface area contributed by atoms with Gasteiger partial charge in [-0.2, -0.15) is 0 Å². The molecule has 0 spiro atoms. The third-order valence-corrected chi connectivity index (χ3v) is 3.21. The first-order valence-corrected chi connectivity index (χ1v) is 7.51. The Bertz CT molecular complexity index is 830. The second kappa shape index (κ2) is 8.97. The highest BCUT2D eigenvalue weighted by atomic mass is 16.6. The van der Waals surface area contributed by atoms with Crippen LogP contribution in [0.5, 0.6) is 5.75 Å². The van der Waals surface area contributed by atoms with Gasteiger partial charge in [0.25, 0.3) is 11.6 Å². The number of carbonyl (C=O) groups excluding carboxylic acids is 2. The largest absolute Gasteiger partial charge is 0.497 e. The van der Waals surface area contributed by atoms with Crippen molar-refractivity contribution < 1.29 is 24.0 Å². The predicted octanol–water partition coefficient (Wildman–Crippen LogP) is 2.80. The molecule has 0 aliphatic carbocycles. The molecule has 26 heavy (non-hydrogen) atoms. The molecule has 1 N–H and O–H groups in total. The number of anilines is 1. The quantitative estimate of drug-likeness (QED) is 0.354. The van der Waals surface area contributed by atoms with E-state index in [1.165, 1.54) is 30.3 Å². The monoisotopic (exact) mass is 356 g/mol. The first-order chi connectivity index (χ1) is 12.5. The van der Waals surface area contributed by atoms with Gasteiger partial charge in [-0.3, -0.25) is 14.9 Å². The average Bonchev–Trinajstić information content (AvgIpc) is 2.65. The number of nitrogens with one attached hydrogen (secondary N) is 1. The molecule has 0 atom stereocenters. The minimum absolute atomic E-state index is 0.0860. The summed E-state index contributed by atoms with van der Waals surface area (Å²) in [5.74, 6) is -0.573. The Labute approximate surface area is 149 Å². The number of ether oxygens (including phenoxy) is 2. The summed E-state index contributed by atoms with van der Waals surface area (Å²) in [6.45, 7) is -0.474. The van der Waals surface area contributed by atoms with Gasteiger partial charge in [0.15, 0.2) is 6.61 Å². The van der Waals surface area contributed by atoms with Crippen molar-refractivity contribution in [3.8, 4) is 5.75 Å². The van der Waals surface area contributed by atoms with Crippen LogP contribution in [0.3, 0.4) is 0 Å². The predicted molar refractivity (Wildman–Crippen MR) is 94.7 cm³/mol. The van der Waals surface area contributed by atoms with Crippen molar-refractivity contribution in [1.82, 2.24) is 0 Å². The van der Waals surface area contributed by atoms with Crippen LogP contribution in [0.1, 0.15) is 5.56 Å². The van der Waals surface area contributed by atoms with E-state index in [1.807, 2.05) is 0 Å². The third kappa shape index (κ3) is 5.75. The molecule has 0 saturated carbocycles. The van der Waals surface area contributed by atoms with Gasteiger partial charge in [0.05, 0.1) is 12.0 Å². The van der Waals surface area contributed by atoms with Gasteiger partial charge in [-0.1, -0.05) is 12.1 Å².